The topological polar surface area (TPSA) is 26.3 Å². The minimum atomic E-state index is 0.0295. The van der Waals surface area contributed by atoms with Gasteiger partial charge in [0.25, 0.3) is 0 Å². The van der Waals surface area contributed by atoms with E-state index in [0.29, 0.717) is 12.3 Å². The van der Waals surface area contributed by atoms with Gasteiger partial charge in [-0.05, 0) is 19.3 Å². The van der Waals surface area contributed by atoms with Gasteiger partial charge in [-0.25, -0.2) is 0 Å². The van der Waals surface area contributed by atoms with Crippen molar-refractivity contribution in [2.45, 2.75) is 44.6 Å². The summed E-state index contributed by atoms with van der Waals surface area (Å²) >= 11 is 0. The number of ether oxygens (including phenoxy) is 1. The fourth-order valence-electron chi connectivity index (χ4n) is 2.17. The monoisotopic (exact) mass is 154 g/mol. The highest BCUT2D eigenvalue weighted by molar-refractivity contribution is 5.72. The largest absolute Gasteiger partial charge is 0.462 e. The van der Waals surface area contributed by atoms with Crippen molar-refractivity contribution >= 4 is 5.97 Å². The smallest absolute Gasteiger partial charge is 0.306 e. The molecule has 0 aromatic carbocycles. The lowest BCUT2D eigenvalue weighted by molar-refractivity contribution is -0.141. The van der Waals surface area contributed by atoms with Gasteiger partial charge in [-0.15, -0.1) is 0 Å². The molecule has 1 heterocycles. The zero-order valence-electron chi connectivity index (χ0n) is 6.71. The van der Waals surface area contributed by atoms with Crippen LogP contribution in [0, 0.1) is 5.92 Å². The van der Waals surface area contributed by atoms with Gasteiger partial charge in [0, 0.05) is 5.92 Å². The maximum Gasteiger partial charge on any atom is 0.306 e. The third-order valence-corrected chi connectivity index (χ3v) is 2.80. The van der Waals surface area contributed by atoms with Gasteiger partial charge in [-0.3, -0.25) is 4.79 Å². The second-order valence-electron chi connectivity index (χ2n) is 3.63. The van der Waals surface area contributed by atoms with E-state index in [2.05, 4.69) is 0 Å². The highest BCUT2D eigenvalue weighted by Crippen LogP contribution is 2.33. The first-order chi connectivity index (χ1) is 5.36. The van der Waals surface area contributed by atoms with E-state index in [-0.39, 0.29) is 12.1 Å². The summed E-state index contributed by atoms with van der Waals surface area (Å²) in [6.07, 6.45) is 7.14. The molecule has 0 amide bonds. The van der Waals surface area contributed by atoms with Crippen LogP contribution in [0.15, 0.2) is 0 Å². The van der Waals surface area contributed by atoms with E-state index < -0.39 is 0 Å². The van der Waals surface area contributed by atoms with Crippen molar-refractivity contribution in [3.8, 4) is 0 Å². The molecule has 1 saturated carbocycles. The quantitative estimate of drug-likeness (QED) is 0.498. The Morgan fingerprint density at radius 2 is 2.00 bits per heavy atom. The Hall–Kier alpha value is -0.530. The first-order valence-electron chi connectivity index (χ1n) is 4.56. The van der Waals surface area contributed by atoms with Crippen LogP contribution in [0.1, 0.15) is 38.5 Å². The molecule has 2 fully saturated rings. The van der Waals surface area contributed by atoms with Crippen LogP contribution < -0.4 is 0 Å². The Balaban J connectivity index is 2.01. The van der Waals surface area contributed by atoms with Crippen molar-refractivity contribution < 1.29 is 9.53 Å². The molecular formula is C9H14O2. The van der Waals surface area contributed by atoms with Crippen LogP contribution in [-0.2, 0) is 9.53 Å². The van der Waals surface area contributed by atoms with Gasteiger partial charge in [-0.1, -0.05) is 12.8 Å². The van der Waals surface area contributed by atoms with Crippen molar-refractivity contribution in [1.29, 1.82) is 0 Å². The Morgan fingerprint density at radius 3 is 2.91 bits per heavy atom. The molecule has 1 aliphatic heterocycles. The van der Waals surface area contributed by atoms with E-state index in [1.165, 1.54) is 25.7 Å². The van der Waals surface area contributed by atoms with Crippen LogP contribution in [0.4, 0.5) is 0 Å². The number of fused-ring (bicyclic) bond motifs is 1. The predicted octanol–water partition coefficient (Wildman–Crippen LogP) is 1.88. The Labute approximate surface area is 66.9 Å². The average molecular weight is 154 g/mol. The summed E-state index contributed by atoms with van der Waals surface area (Å²) in [5, 5.41) is 0. The van der Waals surface area contributed by atoms with Crippen LogP contribution in [-0.4, -0.2) is 12.1 Å². The number of hydrogen-bond donors (Lipinski definition) is 0. The molecule has 0 bridgehead atoms. The third-order valence-electron chi connectivity index (χ3n) is 2.80. The molecule has 2 heteroatoms. The minimum absolute atomic E-state index is 0.0295. The summed E-state index contributed by atoms with van der Waals surface area (Å²) in [7, 11) is 0. The molecule has 0 radical (unpaired) electrons. The van der Waals surface area contributed by atoms with Crippen LogP contribution >= 0.6 is 0 Å². The molecule has 2 nitrogen and oxygen atoms in total. The van der Waals surface area contributed by atoms with E-state index in [4.69, 9.17) is 4.74 Å². The fourth-order valence-corrected chi connectivity index (χ4v) is 2.17. The maximum absolute atomic E-state index is 10.9. The zero-order chi connectivity index (χ0) is 7.68. The van der Waals surface area contributed by atoms with Crippen molar-refractivity contribution in [3.05, 3.63) is 0 Å². The molecular weight excluding hydrogens is 140 g/mol. The van der Waals surface area contributed by atoms with Gasteiger partial charge >= 0.3 is 5.97 Å². The Bertz CT molecular complexity index is 149. The van der Waals surface area contributed by atoms with E-state index in [0.717, 1.165) is 6.42 Å². The zero-order valence-corrected chi connectivity index (χ0v) is 6.71. The average Bonchev–Trinajstić information content (AvgIpc) is 2.17. The number of carbonyl (C=O) groups is 1. The van der Waals surface area contributed by atoms with Crippen molar-refractivity contribution in [2.75, 3.05) is 0 Å². The van der Waals surface area contributed by atoms with Crippen LogP contribution in [0.5, 0.6) is 0 Å². The first kappa shape index (κ1) is 7.14. The van der Waals surface area contributed by atoms with Gasteiger partial charge in [0.05, 0.1) is 6.42 Å². The van der Waals surface area contributed by atoms with Crippen molar-refractivity contribution in [2.24, 2.45) is 5.92 Å². The summed E-state index contributed by atoms with van der Waals surface area (Å²) in [5.41, 5.74) is 0. The predicted molar refractivity (Wildman–Crippen MR) is 41.1 cm³/mol. The molecule has 0 N–H and O–H groups in total. The summed E-state index contributed by atoms with van der Waals surface area (Å²) < 4.78 is 5.21. The lowest BCUT2D eigenvalue weighted by atomic mass is 9.97. The molecule has 0 aromatic heterocycles. The molecule has 0 aromatic rings. The lowest BCUT2D eigenvalue weighted by Crippen LogP contribution is -2.13. The van der Waals surface area contributed by atoms with Crippen LogP contribution in [0.2, 0.25) is 0 Å². The maximum atomic E-state index is 10.9. The van der Waals surface area contributed by atoms with E-state index in [1.54, 1.807) is 0 Å². The summed E-state index contributed by atoms with van der Waals surface area (Å²) in [6, 6.07) is 0. The van der Waals surface area contributed by atoms with E-state index >= 15 is 0 Å². The molecule has 2 rings (SSSR count). The number of rotatable bonds is 0. The lowest BCUT2D eigenvalue weighted by Gasteiger charge is -2.12. The third kappa shape index (κ3) is 1.39. The molecule has 2 aliphatic rings. The number of hydrogen-bond acceptors (Lipinski definition) is 2. The molecule has 2 atom stereocenters. The SMILES string of the molecule is O=C1C[C@H]2CCCCC[C@@H]2O1. The van der Waals surface area contributed by atoms with Gasteiger partial charge in [0.15, 0.2) is 0 Å². The first-order valence-corrected chi connectivity index (χ1v) is 4.56. The normalized spacial score (nSPS) is 37.6. The summed E-state index contributed by atoms with van der Waals surface area (Å²) in [6.45, 7) is 0. The second-order valence-corrected chi connectivity index (χ2v) is 3.63. The number of carbonyl (C=O) groups excluding carboxylic acids is 1. The summed E-state index contributed by atoms with van der Waals surface area (Å²) in [4.78, 5) is 10.9. The summed E-state index contributed by atoms with van der Waals surface area (Å²) in [5.74, 6) is 0.590. The Morgan fingerprint density at radius 1 is 1.18 bits per heavy atom. The van der Waals surface area contributed by atoms with Crippen molar-refractivity contribution in [1.82, 2.24) is 0 Å². The molecule has 62 valence electrons. The minimum Gasteiger partial charge on any atom is -0.462 e. The number of esters is 1. The standard InChI is InChI=1S/C9H14O2/c10-9-6-7-4-2-1-3-5-8(7)11-9/h7-8H,1-6H2/t7-,8+/m1/s1. The highest BCUT2D eigenvalue weighted by Gasteiger charge is 2.34. The van der Waals surface area contributed by atoms with Crippen LogP contribution in [0.3, 0.4) is 0 Å². The van der Waals surface area contributed by atoms with E-state index in [1.807, 2.05) is 0 Å². The van der Waals surface area contributed by atoms with E-state index in [9.17, 15) is 4.79 Å². The Kier molecular flexibility index (Phi) is 1.84. The van der Waals surface area contributed by atoms with Crippen LogP contribution in [0.25, 0.3) is 0 Å². The molecule has 0 unspecified atom stereocenters. The second kappa shape index (κ2) is 2.84. The molecule has 1 aliphatic carbocycles. The van der Waals surface area contributed by atoms with Gasteiger partial charge in [0.2, 0.25) is 0 Å². The van der Waals surface area contributed by atoms with Crippen molar-refractivity contribution in [3.63, 3.8) is 0 Å². The van der Waals surface area contributed by atoms with Gasteiger partial charge in [-0.2, -0.15) is 0 Å². The molecule has 0 spiro atoms. The van der Waals surface area contributed by atoms with Gasteiger partial charge in [0.1, 0.15) is 6.10 Å². The van der Waals surface area contributed by atoms with Gasteiger partial charge < -0.3 is 4.74 Å². The fraction of sp³-hybridized carbons (Fsp3) is 0.889. The molecule has 1 saturated heterocycles. The highest BCUT2D eigenvalue weighted by atomic mass is 16.5. The molecule has 11 heavy (non-hydrogen) atoms.